The maximum absolute atomic E-state index is 4.17. The molecule has 0 spiro atoms. The summed E-state index contributed by atoms with van der Waals surface area (Å²) in [7, 11) is 0. The minimum Gasteiger partial charge on any atom is -0.312 e. The molecule has 0 radical (unpaired) electrons. The number of hydrogen-bond donors (Lipinski definition) is 2. The van der Waals surface area contributed by atoms with Crippen LogP contribution in [0.25, 0.3) is 10.7 Å². The first-order valence-electron chi connectivity index (χ1n) is 5.98. The second kappa shape index (κ2) is 5.53. The van der Waals surface area contributed by atoms with Gasteiger partial charge in [-0.05, 0) is 33.7 Å². The van der Waals surface area contributed by atoms with Gasteiger partial charge in [0.2, 0.25) is 0 Å². The van der Waals surface area contributed by atoms with Crippen LogP contribution in [0.1, 0.15) is 32.2 Å². The molecule has 98 valence electrons. The molecule has 0 unspecified atom stereocenters. The zero-order chi connectivity index (χ0) is 13.0. The first-order chi connectivity index (χ1) is 8.54. The molecule has 2 rings (SSSR count). The molecule has 2 aromatic rings. The van der Waals surface area contributed by atoms with E-state index in [2.05, 4.69) is 51.7 Å². The number of rotatable bonds is 5. The van der Waals surface area contributed by atoms with Crippen molar-refractivity contribution in [3.63, 3.8) is 0 Å². The fourth-order valence-electron chi connectivity index (χ4n) is 1.47. The molecule has 0 amide bonds. The van der Waals surface area contributed by atoms with Gasteiger partial charge in [0.1, 0.15) is 10.7 Å². The summed E-state index contributed by atoms with van der Waals surface area (Å²) < 4.78 is 0. The maximum Gasteiger partial charge on any atom is 0.169 e. The normalized spacial score (nSPS) is 11.9. The third-order valence-electron chi connectivity index (χ3n) is 2.32. The zero-order valence-electron chi connectivity index (χ0n) is 10.9. The standard InChI is InChI=1S/C11H18N6S/c1-11(2,3)12-6-4-5-9-15-16-10(18-9)8-7-13-17-14-8/h7,12H,4-6H2,1-3H3,(H,13,14,17). The van der Waals surface area contributed by atoms with Gasteiger partial charge >= 0.3 is 0 Å². The number of nitrogens with zero attached hydrogens (tertiary/aromatic N) is 4. The molecule has 0 atom stereocenters. The number of hydrogen-bond acceptors (Lipinski definition) is 6. The Balaban J connectivity index is 1.81. The van der Waals surface area contributed by atoms with E-state index in [1.165, 1.54) is 0 Å². The summed E-state index contributed by atoms with van der Waals surface area (Å²) >= 11 is 1.58. The average Bonchev–Trinajstić information content (AvgIpc) is 2.93. The SMILES string of the molecule is CC(C)(C)NCCCc1nnc(-c2cn[nH]n2)s1. The van der Waals surface area contributed by atoms with Crippen molar-refractivity contribution in [1.82, 2.24) is 30.9 Å². The maximum atomic E-state index is 4.17. The molecule has 0 aliphatic carbocycles. The fraction of sp³-hybridized carbons (Fsp3) is 0.636. The molecular formula is C11H18N6S. The third-order valence-corrected chi connectivity index (χ3v) is 3.33. The van der Waals surface area contributed by atoms with E-state index in [1.54, 1.807) is 17.5 Å². The van der Waals surface area contributed by atoms with Crippen LogP contribution in [0.5, 0.6) is 0 Å². The predicted octanol–water partition coefficient (Wildman–Crippen LogP) is 1.64. The van der Waals surface area contributed by atoms with Crippen LogP contribution in [-0.2, 0) is 6.42 Å². The lowest BCUT2D eigenvalue weighted by Gasteiger charge is -2.20. The number of aryl methyl sites for hydroxylation is 1. The fourth-order valence-corrected chi connectivity index (χ4v) is 2.30. The summed E-state index contributed by atoms with van der Waals surface area (Å²) in [5.41, 5.74) is 0.930. The van der Waals surface area contributed by atoms with Crippen LogP contribution in [0.4, 0.5) is 0 Å². The van der Waals surface area contributed by atoms with Crippen molar-refractivity contribution in [1.29, 1.82) is 0 Å². The highest BCUT2D eigenvalue weighted by molar-refractivity contribution is 7.14. The van der Waals surface area contributed by atoms with Gasteiger partial charge in [0.05, 0.1) is 6.20 Å². The minimum atomic E-state index is 0.174. The third kappa shape index (κ3) is 3.85. The van der Waals surface area contributed by atoms with Crippen molar-refractivity contribution < 1.29 is 0 Å². The lowest BCUT2D eigenvalue weighted by Crippen LogP contribution is -2.36. The Labute approximate surface area is 110 Å². The van der Waals surface area contributed by atoms with Gasteiger partial charge in [-0.3, -0.25) is 0 Å². The molecule has 0 fully saturated rings. The number of nitrogens with one attached hydrogen (secondary N) is 2. The van der Waals surface area contributed by atoms with Crippen molar-refractivity contribution in [2.45, 2.75) is 39.2 Å². The summed E-state index contributed by atoms with van der Waals surface area (Å²) in [6.45, 7) is 7.49. The Morgan fingerprint density at radius 3 is 2.83 bits per heavy atom. The molecule has 2 aromatic heterocycles. The van der Waals surface area contributed by atoms with Crippen molar-refractivity contribution in [3.8, 4) is 10.7 Å². The topological polar surface area (TPSA) is 79.4 Å². The highest BCUT2D eigenvalue weighted by Crippen LogP contribution is 2.20. The number of aromatic nitrogens is 5. The molecule has 6 nitrogen and oxygen atoms in total. The van der Waals surface area contributed by atoms with Gasteiger partial charge in [-0.25, -0.2) is 0 Å². The van der Waals surface area contributed by atoms with Gasteiger partial charge in [0, 0.05) is 12.0 Å². The highest BCUT2D eigenvalue weighted by atomic mass is 32.1. The van der Waals surface area contributed by atoms with Gasteiger partial charge < -0.3 is 5.32 Å². The van der Waals surface area contributed by atoms with Gasteiger partial charge in [-0.2, -0.15) is 15.4 Å². The lowest BCUT2D eigenvalue weighted by atomic mass is 10.1. The summed E-state index contributed by atoms with van der Waals surface area (Å²) in [5.74, 6) is 0. The predicted molar refractivity (Wildman–Crippen MR) is 71.4 cm³/mol. The van der Waals surface area contributed by atoms with Crippen LogP contribution >= 0.6 is 11.3 Å². The summed E-state index contributed by atoms with van der Waals surface area (Å²) in [6, 6.07) is 0. The Kier molecular flexibility index (Phi) is 4.03. The average molecular weight is 266 g/mol. The van der Waals surface area contributed by atoms with E-state index in [4.69, 9.17) is 0 Å². The monoisotopic (exact) mass is 266 g/mol. The smallest absolute Gasteiger partial charge is 0.169 e. The Bertz CT molecular complexity index is 470. The molecule has 0 aliphatic heterocycles. The van der Waals surface area contributed by atoms with Crippen LogP contribution < -0.4 is 5.32 Å². The van der Waals surface area contributed by atoms with Crippen molar-refractivity contribution >= 4 is 11.3 Å². The van der Waals surface area contributed by atoms with E-state index < -0.39 is 0 Å². The first kappa shape index (κ1) is 13.1. The molecular weight excluding hydrogens is 248 g/mol. The number of H-pyrrole nitrogens is 1. The molecule has 2 N–H and O–H groups in total. The quantitative estimate of drug-likeness (QED) is 0.804. The molecule has 2 heterocycles. The van der Waals surface area contributed by atoms with Gasteiger partial charge in [0.15, 0.2) is 5.01 Å². The largest absolute Gasteiger partial charge is 0.312 e. The molecule has 7 heteroatoms. The van der Waals surface area contributed by atoms with Crippen molar-refractivity contribution in [2.24, 2.45) is 0 Å². The second-order valence-electron chi connectivity index (χ2n) is 5.14. The van der Waals surface area contributed by atoms with Gasteiger partial charge in [-0.15, -0.1) is 10.2 Å². The van der Waals surface area contributed by atoms with E-state index in [0.717, 1.165) is 35.1 Å². The summed E-state index contributed by atoms with van der Waals surface area (Å²) in [5, 5.41) is 23.9. The zero-order valence-corrected chi connectivity index (χ0v) is 11.7. The van der Waals surface area contributed by atoms with Crippen LogP contribution in [0.15, 0.2) is 6.20 Å². The van der Waals surface area contributed by atoms with E-state index in [-0.39, 0.29) is 5.54 Å². The Morgan fingerprint density at radius 1 is 1.33 bits per heavy atom. The molecule has 18 heavy (non-hydrogen) atoms. The molecule has 0 bridgehead atoms. The summed E-state index contributed by atoms with van der Waals surface area (Å²) in [4.78, 5) is 0. The second-order valence-corrected chi connectivity index (χ2v) is 6.20. The Morgan fingerprint density at radius 2 is 2.17 bits per heavy atom. The Hall–Kier alpha value is -1.34. The molecule has 0 aromatic carbocycles. The summed E-state index contributed by atoms with van der Waals surface area (Å²) in [6.07, 6.45) is 3.66. The van der Waals surface area contributed by atoms with E-state index in [9.17, 15) is 0 Å². The highest BCUT2D eigenvalue weighted by Gasteiger charge is 2.10. The van der Waals surface area contributed by atoms with Crippen molar-refractivity contribution in [2.75, 3.05) is 6.54 Å². The van der Waals surface area contributed by atoms with Crippen molar-refractivity contribution in [3.05, 3.63) is 11.2 Å². The molecule has 0 saturated heterocycles. The van der Waals surface area contributed by atoms with E-state index in [0.29, 0.717) is 0 Å². The van der Waals surface area contributed by atoms with Crippen LogP contribution in [0.2, 0.25) is 0 Å². The van der Waals surface area contributed by atoms with Gasteiger partial charge in [0.25, 0.3) is 0 Å². The van der Waals surface area contributed by atoms with Crippen LogP contribution in [0, 0.1) is 0 Å². The van der Waals surface area contributed by atoms with E-state index in [1.807, 2.05) is 0 Å². The molecule has 0 saturated carbocycles. The number of aromatic amines is 1. The first-order valence-corrected chi connectivity index (χ1v) is 6.80. The minimum absolute atomic E-state index is 0.174. The molecule has 0 aliphatic rings. The van der Waals surface area contributed by atoms with Gasteiger partial charge in [-0.1, -0.05) is 11.3 Å². The van der Waals surface area contributed by atoms with Crippen LogP contribution in [0.3, 0.4) is 0 Å². The lowest BCUT2D eigenvalue weighted by molar-refractivity contribution is 0.422. The van der Waals surface area contributed by atoms with Crippen LogP contribution in [-0.4, -0.2) is 37.7 Å². The van der Waals surface area contributed by atoms with E-state index >= 15 is 0 Å².